The minimum absolute atomic E-state index is 0.122. The van der Waals surface area contributed by atoms with E-state index >= 15 is 0 Å². The van der Waals surface area contributed by atoms with Crippen LogP contribution in [-0.4, -0.2) is 77.4 Å². The molecule has 2 aliphatic rings. The number of carbonyl (C=O) groups excluding carboxylic acids is 2. The maximum absolute atomic E-state index is 13.3. The zero-order valence-corrected chi connectivity index (χ0v) is 26.1. The molecule has 0 aromatic rings. The van der Waals surface area contributed by atoms with Gasteiger partial charge in [0.25, 0.3) is 0 Å². The van der Waals surface area contributed by atoms with Crippen molar-refractivity contribution in [3.05, 3.63) is 0 Å². The van der Waals surface area contributed by atoms with Gasteiger partial charge in [0.15, 0.2) is 0 Å². The van der Waals surface area contributed by atoms with Crippen LogP contribution in [0.15, 0.2) is 3.21 Å². The average Bonchev–Trinajstić information content (AvgIpc) is 3.39. The molecule has 2 heterocycles. The molecule has 10 heteroatoms. The summed E-state index contributed by atoms with van der Waals surface area (Å²) >= 11 is -0.995. The van der Waals surface area contributed by atoms with E-state index in [1.54, 1.807) is 21.0 Å². The number of ketones is 1. The maximum atomic E-state index is 13.3. The molecule has 0 spiro atoms. The number of rotatable bonds is 5. The van der Waals surface area contributed by atoms with Crippen LogP contribution in [0.1, 0.15) is 74.7 Å². The molecule has 0 unspecified atom stereocenters. The summed E-state index contributed by atoms with van der Waals surface area (Å²) in [5.41, 5.74) is -1.71. The van der Waals surface area contributed by atoms with Gasteiger partial charge in [-0.2, -0.15) is 0 Å². The second kappa shape index (κ2) is 13.6. The predicted octanol–water partition coefficient (Wildman–Crippen LogP) is -0.283. The van der Waals surface area contributed by atoms with Gasteiger partial charge in [-0.15, -0.1) is 0 Å². The molecule has 216 valence electrons. The van der Waals surface area contributed by atoms with Crippen LogP contribution in [0.5, 0.6) is 0 Å². The molecule has 0 aromatic heterocycles. The van der Waals surface area contributed by atoms with Gasteiger partial charge in [-0.25, -0.2) is 0 Å². The number of Topliss-reactive ketones (excluding diaryl/α,β-unsaturated/α-hetero) is 1. The molecule has 0 aromatic carbocycles. The molecule has 0 bridgehead atoms. The van der Waals surface area contributed by atoms with Crippen LogP contribution in [0.25, 0.3) is 0 Å². The molecule has 2 fully saturated rings. The number of cyclic esters (lactones) is 1. The Hall–Kier alpha value is -0.660. The number of halogens is 1. The first-order chi connectivity index (χ1) is 17.2. The van der Waals surface area contributed by atoms with Crippen molar-refractivity contribution in [1.82, 2.24) is 5.32 Å². The molecule has 0 aliphatic carbocycles. The van der Waals surface area contributed by atoms with Gasteiger partial charge in [0.1, 0.15) is 0 Å². The van der Waals surface area contributed by atoms with Crippen molar-refractivity contribution >= 4 is 17.5 Å². The van der Waals surface area contributed by atoms with Gasteiger partial charge in [-0.05, 0) is 0 Å². The summed E-state index contributed by atoms with van der Waals surface area (Å²) < 4.78 is 22.7. The summed E-state index contributed by atoms with van der Waals surface area (Å²) in [4.78, 5) is 26.3. The van der Waals surface area contributed by atoms with Crippen LogP contribution < -0.4 is 27.2 Å². The van der Waals surface area contributed by atoms with Crippen molar-refractivity contribution in [2.75, 3.05) is 20.2 Å². The fraction of sp³-hybridized carbons (Fsp3) is 0.889. The molecule has 0 radical (unpaired) electrons. The Morgan fingerprint density at radius 1 is 1.16 bits per heavy atom. The third-order valence-corrected chi connectivity index (χ3v) is 10.5. The molecule has 2 aliphatic heterocycles. The fourth-order valence-corrected chi connectivity index (χ4v) is 7.61. The molecule has 9 nitrogen and oxygen atoms in total. The predicted molar refractivity (Wildman–Crippen MR) is 137 cm³/mol. The zero-order valence-electron chi connectivity index (χ0n) is 23.9. The summed E-state index contributed by atoms with van der Waals surface area (Å²) in [7, 11) is 1.64. The van der Waals surface area contributed by atoms with Crippen molar-refractivity contribution in [1.29, 1.82) is 0 Å². The average molecular weight is 640 g/mol. The van der Waals surface area contributed by atoms with Gasteiger partial charge >= 0.3 is 234 Å². The van der Waals surface area contributed by atoms with Crippen LogP contribution in [-0.2, 0) is 22.1 Å². The van der Waals surface area contributed by atoms with Gasteiger partial charge in [-0.3, -0.25) is 0 Å². The third-order valence-electron chi connectivity index (χ3n) is 8.76. The van der Waals surface area contributed by atoms with Crippen molar-refractivity contribution in [2.45, 2.75) is 104 Å². The Morgan fingerprint density at radius 2 is 1.81 bits per heavy atom. The summed E-state index contributed by atoms with van der Waals surface area (Å²) in [5.74, 6) is -3.24. The van der Waals surface area contributed by atoms with Crippen molar-refractivity contribution in [2.24, 2.45) is 32.8 Å². The Morgan fingerprint density at radius 3 is 2.35 bits per heavy atom. The first-order valence-corrected chi connectivity index (χ1v) is 15.3. The van der Waals surface area contributed by atoms with Gasteiger partial charge in [-0.1, -0.05) is 0 Å². The first-order valence-electron chi connectivity index (χ1n) is 13.5. The van der Waals surface area contributed by atoms with E-state index in [4.69, 9.17) is 15.7 Å². The topological polar surface area (TPSA) is 127 Å². The van der Waals surface area contributed by atoms with E-state index in [2.05, 4.69) is 5.32 Å². The molecule has 0 saturated carbocycles. The Kier molecular flexibility index (Phi) is 12.0. The second-order valence-corrected chi connectivity index (χ2v) is 12.8. The van der Waals surface area contributed by atoms with Crippen molar-refractivity contribution in [3.8, 4) is 0 Å². The zero-order chi connectivity index (χ0) is 28.1. The van der Waals surface area contributed by atoms with E-state index in [0.29, 0.717) is 6.42 Å². The van der Waals surface area contributed by atoms with Crippen LogP contribution in [0, 0.1) is 29.6 Å². The molecule has 0 amide bonds. The number of hydrogen-bond donors (Lipinski definition) is 3. The minimum atomic E-state index is -1.75. The first kappa shape index (κ1) is 32.6. The normalized spacial score (nSPS) is 44.1. The molecule has 2 saturated heterocycles. The van der Waals surface area contributed by atoms with E-state index in [-0.39, 0.29) is 30.1 Å². The standard InChI is InChI=1S/C27H48IN2O7/c1-10-21-27(8,34)24(32)17(4)22(30-28-37-20-11-12-29-14-20)15(2)13-26(7,35-9)19(6)16(3)23(31)18(5)25(33)36-21/h15-21,24,29,32,34H,10-14H2,1-9H3/q-1/b30-22+/t15-,16-,17+,18-,19-,20-,21-,24-,26-,27-/m1/s1. The number of methoxy groups -OCH3 is 1. The van der Waals surface area contributed by atoms with Crippen LogP contribution in [0.2, 0.25) is 0 Å². The SMILES string of the molecule is CC[C@H]1OC(=O)[C@H](C)C(=O)[C@H](C)[C@@H](C)[C@](C)(OC)C[C@@H](C)/C(=N\[I-]O[C@@H]2CCNC2)[C@H](C)[C@@H](O)[C@]1(C)O. The number of carbonyl (C=O) groups is 2. The number of esters is 1. The number of nitrogens with one attached hydrogen (secondary N) is 1. The molecule has 3 N–H and O–H groups in total. The van der Waals surface area contributed by atoms with E-state index in [0.717, 1.165) is 25.2 Å². The summed E-state index contributed by atoms with van der Waals surface area (Å²) in [6, 6.07) is 0. The number of hydrogen-bond acceptors (Lipinski definition) is 9. The van der Waals surface area contributed by atoms with Crippen molar-refractivity contribution < 1.29 is 54.2 Å². The van der Waals surface area contributed by atoms with Crippen LogP contribution in [0.3, 0.4) is 0 Å². The molecule has 2 rings (SSSR count). The third kappa shape index (κ3) is 7.51. The Balaban J connectivity index is 2.53. The van der Waals surface area contributed by atoms with Crippen LogP contribution >= 0.6 is 0 Å². The fourth-order valence-electron chi connectivity index (χ4n) is 5.60. The van der Waals surface area contributed by atoms with Gasteiger partial charge in [0.2, 0.25) is 0 Å². The molecule has 37 heavy (non-hydrogen) atoms. The number of nitrogens with zero attached hydrogens (tertiary/aromatic N) is 1. The number of aliphatic hydroxyl groups is 2. The molecular weight excluding hydrogens is 591 g/mol. The Bertz CT molecular complexity index is 817. The van der Waals surface area contributed by atoms with Gasteiger partial charge in [0.05, 0.1) is 0 Å². The summed E-state index contributed by atoms with van der Waals surface area (Å²) in [5, 5.41) is 26.2. The number of aliphatic hydroxyl groups excluding tert-OH is 1. The summed E-state index contributed by atoms with van der Waals surface area (Å²) in [6.45, 7) is 16.2. The Labute approximate surface area is 233 Å². The van der Waals surface area contributed by atoms with Gasteiger partial charge < -0.3 is 0 Å². The summed E-state index contributed by atoms with van der Waals surface area (Å²) in [6.07, 6.45) is -0.339. The quantitative estimate of drug-likeness (QED) is 0.213. The van der Waals surface area contributed by atoms with E-state index in [9.17, 15) is 19.8 Å². The van der Waals surface area contributed by atoms with E-state index in [1.165, 1.54) is 6.92 Å². The van der Waals surface area contributed by atoms with Crippen LogP contribution in [0.4, 0.5) is 0 Å². The molecule has 10 atom stereocenters. The monoisotopic (exact) mass is 639 g/mol. The van der Waals surface area contributed by atoms with Crippen molar-refractivity contribution in [3.63, 3.8) is 0 Å². The van der Waals surface area contributed by atoms with Gasteiger partial charge in [0, 0.05) is 0 Å². The second-order valence-electron chi connectivity index (χ2n) is 11.4. The van der Waals surface area contributed by atoms with E-state index < -0.39 is 69.0 Å². The van der Waals surface area contributed by atoms with E-state index in [1.807, 2.05) is 34.6 Å². The molecular formula is C27H48IN2O7-. The number of ether oxygens (including phenoxy) is 2.